The van der Waals surface area contributed by atoms with E-state index in [1.165, 1.54) is 0 Å². The van der Waals surface area contributed by atoms with E-state index in [0.717, 1.165) is 44.5 Å². The van der Waals surface area contributed by atoms with Gasteiger partial charge in [-0.3, -0.25) is 4.98 Å². The Bertz CT molecular complexity index is 946. The van der Waals surface area contributed by atoms with E-state index in [1.807, 2.05) is 60.8 Å². The lowest BCUT2D eigenvalue weighted by Gasteiger charge is -2.25. The first-order chi connectivity index (χ1) is 13.7. The Hall–Kier alpha value is -2.02. The number of halogens is 1. The minimum absolute atomic E-state index is 0.0260. The molecule has 4 nitrogen and oxygen atoms in total. The van der Waals surface area contributed by atoms with Crippen molar-refractivity contribution < 1.29 is 4.42 Å². The third-order valence-electron chi connectivity index (χ3n) is 4.59. The summed E-state index contributed by atoms with van der Waals surface area (Å²) in [6.07, 6.45) is 2.81. The number of benzene rings is 1. The van der Waals surface area contributed by atoms with Crippen molar-refractivity contribution in [1.82, 2.24) is 15.2 Å². The highest BCUT2D eigenvalue weighted by Gasteiger charge is 2.41. The molecule has 3 aromatic rings. The summed E-state index contributed by atoms with van der Waals surface area (Å²) in [5, 5.41) is 5.74. The van der Waals surface area contributed by atoms with Gasteiger partial charge in [0.15, 0.2) is 10.2 Å². The standard InChI is InChI=1S/C21H20ClN3OS2/c1-2-13-25-20(19(24-21(25)27)16-5-3-4-12-23-16)17-10-11-18(26-17)28-15-8-6-14(22)7-9-15/h3-12,19-20H,2,13H2,1H3,(H,24,27)/t19-,20+/m1/s1. The Morgan fingerprint density at radius 1 is 1.18 bits per heavy atom. The predicted molar refractivity (Wildman–Crippen MR) is 117 cm³/mol. The number of hydrogen-bond acceptors (Lipinski definition) is 4. The largest absolute Gasteiger partial charge is 0.452 e. The van der Waals surface area contributed by atoms with Crippen molar-refractivity contribution in [2.24, 2.45) is 0 Å². The van der Waals surface area contributed by atoms with Crippen LogP contribution in [0.2, 0.25) is 5.02 Å². The molecule has 0 aliphatic carbocycles. The molecule has 7 heteroatoms. The molecule has 0 bridgehead atoms. The number of nitrogens with one attached hydrogen (secondary N) is 1. The number of pyridine rings is 1. The summed E-state index contributed by atoms with van der Waals surface area (Å²) in [7, 11) is 0. The summed E-state index contributed by atoms with van der Waals surface area (Å²) in [5.41, 5.74) is 0.955. The summed E-state index contributed by atoms with van der Waals surface area (Å²) >= 11 is 13.2. The molecule has 1 fully saturated rings. The second-order valence-electron chi connectivity index (χ2n) is 6.53. The van der Waals surface area contributed by atoms with Gasteiger partial charge in [0.05, 0.1) is 11.7 Å². The lowest BCUT2D eigenvalue weighted by molar-refractivity contribution is 0.260. The van der Waals surface area contributed by atoms with Gasteiger partial charge in [0, 0.05) is 22.7 Å². The third kappa shape index (κ3) is 4.04. The van der Waals surface area contributed by atoms with Crippen LogP contribution in [0.1, 0.15) is 36.9 Å². The summed E-state index contributed by atoms with van der Waals surface area (Å²) in [6.45, 7) is 3.01. The van der Waals surface area contributed by atoms with Gasteiger partial charge in [-0.15, -0.1) is 0 Å². The molecule has 1 aliphatic rings. The van der Waals surface area contributed by atoms with E-state index in [2.05, 4.69) is 22.1 Å². The minimum atomic E-state index is -0.0419. The number of nitrogens with zero attached hydrogens (tertiary/aromatic N) is 2. The van der Waals surface area contributed by atoms with Crippen molar-refractivity contribution in [3.8, 4) is 0 Å². The maximum Gasteiger partial charge on any atom is 0.170 e. The summed E-state index contributed by atoms with van der Waals surface area (Å²) < 4.78 is 6.24. The lowest BCUT2D eigenvalue weighted by Crippen LogP contribution is -2.30. The maximum atomic E-state index is 6.24. The molecular formula is C21H20ClN3OS2. The molecule has 3 heterocycles. The maximum absolute atomic E-state index is 6.24. The number of furan rings is 1. The molecule has 0 spiro atoms. The summed E-state index contributed by atoms with van der Waals surface area (Å²) in [4.78, 5) is 7.82. The van der Waals surface area contributed by atoms with Crippen LogP contribution in [-0.4, -0.2) is 21.5 Å². The zero-order valence-corrected chi connectivity index (χ0v) is 17.7. The van der Waals surface area contributed by atoms with Crippen molar-refractivity contribution in [2.45, 2.75) is 35.4 Å². The molecule has 1 aromatic carbocycles. The molecule has 0 amide bonds. The molecule has 1 saturated heterocycles. The number of rotatable bonds is 6. The first-order valence-electron chi connectivity index (χ1n) is 9.17. The molecule has 2 atom stereocenters. The first kappa shape index (κ1) is 19.3. The van der Waals surface area contributed by atoms with E-state index in [1.54, 1.807) is 11.8 Å². The normalized spacial score (nSPS) is 19.1. The molecule has 4 rings (SSSR count). The van der Waals surface area contributed by atoms with E-state index < -0.39 is 0 Å². The Labute approximate surface area is 179 Å². The van der Waals surface area contributed by atoms with E-state index in [4.69, 9.17) is 28.2 Å². The van der Waals surface area contributed by atoms with Gasteiger partial charge in [0.1, 0.15) is 11.8 Å². The number of aromatic nitrogens is 1. The lowest BCUT2D eigenvalue weighted by atomic mass is 10.0. The predicted octanol–water partition coefficient (Wildman–Crippen LogP) is 5.86. The molecule has 2 aromatic heterocycles. The van der Waals surface area contributed by atoms with Crippen LogP contribution < -0.4 is 5.32 Å². The molecule has 28 heavy (non-hydrogen) atoms. The fourth-order valence-corrected chi connectivity index (χ4v) is 4.60. The minimum Gasteiger partial charge on any atom is -0.452 e. The zero-order valence-electron chi connectivity index (χ0n) is 15.3. The Morgan fingerprint density at radius 2 is 2.00 bits per heavy atom. The van der Waals surface area contributed by atoms with Gasteiger partial charge in [-0.2, -0.15) is 0 Å². The number of thiocarbonyl (C=S) groups is 1. The van der Waals surface area contributed by atoms with Gasteiger partial charge in [0.2, 0.25) is 0 Å². The van der Waals surface area contributed by atoms with Crippen molar-refractivity contribution in [1.29, 1.82) is 0 Å². The van der Waals surface area contributed by atoms with Gasteiger partial charge >= 0.3 is 0 Å². The fraction of sp³-hybridized carbons (Fsp3) is 0.238. The smallest absolute Gasteiger partial charge is 0.170 e. The molecule has 144 valence electrons. The SMILES string of the molecule is CCCN1C(=S)N[C@H](c2ccccn2)[C@@H]1c1ccc(Sc2ccc(Cl)cc2)o1. The molecule has 0 saturated carbocycles. The highest BCUT2D eigenvalue weighted by molar-refractivity contribution is 7.99. The van der Waals surface area contributed by atoms with Gasteiger partial charge in [-0.1, -0.05) is 36.4 Å². The van der Waals surface area contributed by atoms with E-state index in [0.29, 0.717) is 0 Å². The van der Waals surface area contributed by atoms with Crippen molar-refractivity contribution in [3.05, 3.63) is 77.3 Å². The molecule has 1 N–H and O–H groups in total. The second kappa shape index (κ2) is 8.55. The first-order valence-corrected chi connectivity index (χ1v) is 10.8. The zero-order chi connectivity index (χ0) is 19.5. The molecule has 1 aliphatic heterocycles. The third-order valence-corrected chi connectivity index (χ3v) is 6.12. The van der Waals surface area contributed by atoms with Gasteiger partial charge < -0.3 is 14.6 Å². The molecule has 0 radical (unpaired) electrons. The van der Waals surface area contributed by atoms with Crippen molar-refractivity contribution in [3.63, 3.8) is 0 Å². The molecular weight excluding hydrogens is 410 g/mol. The van der Waals surface area contributed by atoms with Gasteiger partial charge in [0.25, 0.3) is 0 Å². The fourth-order valence-electron chi connectivity index (χ4n) is 3.36. The van der Waals surface area contributed by atoms with Crippen molar-refractivity contribution in [2.75, 3.05) is 6.54 Å². The van der Waals surface area contributed by atoms with Gasteiger partial charge in [-0.25, -0.2) is 0 Å². The Morgan fingerprint density at radius 3 is 2.71 bits per heavy atom. The monoisotopic (exact) mass is 429 g/mol. The van der Waals surface area contributed by atoms with Crippen LogP contribution in [0.3, 0.4) is 0 Å². The van der Waals surface area contributed by atoms with E-state index in [-0.39, 0.29) is 12.1 Å². The van der Waals surface area contributed by atoms with E-state index in [9.17, 15) is 0 Å². The average molecular weight is 430 g/mol. The van der Waals surface area contributed by atoms with Gasteiger partial charge in [-0.05, 0) is 67.2 Å². The van der Waals surface area contributed by atoms with Crippen LogP contribution in [0.5, 0.6) is 0 Å². The van der Waals surface area contributed by atoms with Crippen molar-refractivity contribution >= 4 is 40.7 Å². The van der Waals surface area contributed by atoms with Crippen LogP contribution in [0, 0.1) is 0 Å². The van der Waals surface area contributed by atoms with Crippen LogP contribution in [0.15, 0.2) is 75.2 Å². The van der Waals surface area contributed by atoms with E-state index >= 15 is 0 Å². The number of hydrogen-bond donors (Lipinski definition) is 1. The van der Waals surface area contributed by atoms with Crippen LogP contribution in [0.25, 0.3) is 0 Å². The average Bonchev–Trinajstić information content (AvgIpc) is 3.29. The molecule has 0 unspecified atom stereocenters. The topological polar surface area (TPSA) is 41.3 Å². The Kier molecular flexibility index (Phi) is 5.90. The second-order valence-corrected chi connectivity index (χ2v) is 8.43. The summed E-state index contributed by atoms with van der Waals surface area (Å²) in [5.74, 6) is 0.882. The van der Waals surface area contributed by atoms with Crippen LogP contribution in [-0.2, 0) is 0 Å². The van der Waals surface area contributed by atoms with Crippen LogP contribution in [0.4, 0.5) is 0 Å². The Balaban J connectivity index is 1.63. The highest BCUT2D eigenvalue weighted by Crippen LogP contribution is 2.41. The summed E-state index contributed by atoms with van der Waals surface area (Å²) in [6, 6.07) is 17.7. The van der Waals surface area contributed by atoms with Crippen LogP contribution >= 0.6 is 35.6 Å². The highest BCUT2D eigenvalue weighted by atomic mass is 35.5. The quantitative estimate of drug-likeness (QED) is 0.495.